The molecule has 2 N–H and O–H groups in total. The van der Waals surface area contributed by atoms with Crippen LogP contribution in [0.5, 0.6) is 5.75 Å². The third kappa shape index (κ3) is 4.27. The third-order valence-corrected chi connectivity index (χ3v) is 3.59. The molecule has 0 atom stereocenters. The Bertz CT molecular complexity index is 907. The van der Waals surface area contributed by atoms with Crippen LogP contribution in [0.2, 0.25) is 0 Å². The molecule has 7 heteroatoms. The predicted octanol–water partition coefficient (Wildman–Crippen LogP) is 2.87. The number of rotatable bonds is 6. The van der Waals surface area contributed by atoms with E-state index in [1.165, 1.54) is 24.7 Å². The molecule has 3 aromatic rings. The van der Waals surface area contributed by atoms with Crippen molar-refractivity contribution in [3.63, 3.8) is 0 Å². The first kappa shape index (κ1) is 17.2. The lowest BCUT2D eigenvalue weighted by Crippen LogP contribution is -2.23. The number of hydrogen-bond acceptors (Lipinski definition) is 5. The maximum absolute atomic E-state index is 12.4. The summed E-state index contributed by atoms with van der Waals surface area (Å²) in [6.07, 6.45) is 4.34. The molecular formula is C19H17N3O4. The normalized spacial score (nSPS) is 10.2. The van der Waals surface area contributed by atoms with Crippen LogP contribution < -0.4 is 15.4 Å². The van der Waals surface area contributed by atoms with Gasteiger partial charge in [0.25, 0.3) is 11.8 Å². The molecule has 0 aliphatic carbocycles. The quantitative estimate of drug-likeness (QED) is 0.712. The summed E-state index contributed by atoms with van der Waals surface area (Å²) in [6, 6.07) is 12.0. The van der Waals surface area contributed by atoms with Crippen molar-refractivity contribution in [3.8, 4) is 5.75 Å². The fraction of sp³-hybridized carbons (Fsp3) is 0.105. The van der Waals surface area contributed by atoms with Gasteiger partial charge in [0.05, 0.1) is 31.0 Å². The number of nitrogens with zero attached hydrogens (tertiary/aromatic N) is 1. The molecule has 7 nitrogen and oxygen atoms in total. The van der Waals surface area contributed by atoms with E-state index in [2.05, 4.69) is 15.6 Å². The largest absolute Gasteiger partial charge is 0.497 e. The van der Waals surface area contributed by atoms with Gasteiger partial charge in [-0.2, -0.15) is 0 Å². The molecule has 3 rings (SSSR count). The van der Waals surface area contributed by atoms with E-state index in [9.17, 15) is 9.59 Å². The van der Waals surface area contributed by atoms with Crippen LogP contribution in [0.25, 0.3) is 0 Å². The van der Waals surface area contributed by atoms with Gasteiger partial charge in [0.15, 0.2) is 0 Å². The smallest absolute Gasteiger partial charge is 0.257 e. The van der Waals surface area contributed by atoms with Gasteiger partial charge in [-0.05, 0) is 30.3 Å². The van der Waals surface area contributed by atoms with Gasteiger partial charge in [-0.15, -0.1) is 0 Å². The summed E-state index contributed by atoms with van der Waals surface area (Å²) in [5.74, 6) is 0.557. The van der Waals surface area contributed by atoms with E-state index < -0.39 is 0 Å². The van der Waals surface area contributed by atoms with Crippen molar-refractivity contribution >= 4 is 17.5 Å². The molecule has 0 spiro atoms. The average Bonchev–Trinajstić information content (AvgIpc) is 3.20. The Morgan fingerprint density at radius 1 is 1.08 bits per heavy atom. The number of nitrogens with one attached hydrogen (secondary N) is 2. The molecule has 0 unspecified atom stereocenters. The summed E-state index contributed by atoms with van der Waals surface area (Å²) < 4.78 is 10.3. The standard InChI is InChI=1S/C19H17N3O4/c1-25-16-5-2-4-15(9-16)22-19(24)14-8-13(10-20-11-14)18(23)21-12-17-6-3-7-26-17/h2-11H,12H2,1H3,(H,21,23)(H,22,24). The topological polar surface area (TPSA) is 93.5 Å². The first-order valence-electron chi connectivity index (χ1n) is 7.87. The molecule has 0 saturated carbocycles. The molecular weight excluding hydrogens is 334 g/mol. The van der Waals surface area contributed by atoms with Gasteiger partial charge in [0, 0.05) is 24.1 Å². The fourth-order valence-electron chi connectivity index (χ4n) is 2.27. The second kappa shape index (κ2) is 7.98. The van der Waals surface area contributed by atoms with Crippen LogP contribution in [0.4, 0.5) is 5.69 Å². The van der Waals surface area contributed by atoms with E-state index in [4.69, 9.17) is 9.15 Å². The number of ether oxygens (including phenoxy) is 1. The van der Waals surface area contributed by atoms with Gasteiger partial charge >= 0.3 is 0 Å². The zero-order valence-corrected chi connectivity index (χ0v) is 14.1. The number of pyridine rings is 1. The van der Waals surface area contributed by atoms with Crippen molar-refractivity contribution in [2.45, 2.75) is 6.54 Å². The van der Waals surface area contributed by atoms with Crippen molar-refractivity contribution in [3.05, 3.63) is 78.0 Å². The Kier molecular flexibility index (Phi) is 5.28. The molecule has 0 fully saturated rings. The molecule has 2 amide bonds. The molecule has 0 saturated heterocycles. The number of carbonyl (C=O) groups is 2. The molecule has 1 aromatic carbocycles. The van der Waals surface area contributed by atoms with Gasteiger partial charge in [-0.25, -0.2) is 0 Å². The van der Waals surface area contributed by atoms with Crippen LogP contribution in [0.3, 0.4) is 0 Å². The maximum Gasteiger partial charge on any atom is 0.257 e. The highest BCUT2D eigenvalue weighted by atomic mass is 16.5. The minimum Gasteiger partial charge on any atom is -0.497 e. The SMILES string of the molecule is COc1cccc(NC(=O)c2cncc(C(=O)NCc3ccco3)c2)c1. The number of carbonyl (C=O) groups excluding carboxylic acids is 2. The van der Waals surface area contributed by atoms with Crippen molar-refractivity contribution in [2.75, 3.05) is 12.4 Å². The minimum absolute atomic E-state index is 0.256. The zero-order valence-electron chi connectivity index (χ0n) is 14.1. The summed E-state index contributed by atoms with van der Waals surface area (Å²) >= 11 is 0. The number of methoxy groups -OCH3 is 1. The average molecular weight is 351 g/mol. The zero-order chi connectivity index (χ0) is 18.4. The minimum atomic E-state index is -0.369. The Morgan fingerprint density at radius 2 is 1.88 bits per heavy atom. The lowest BCUT2D eigenvalue weighted by atomic mass is 10.1. The monoisotopic (exact) mass is 351 g/mol. The molecule has 132 valence electrons. The van der Waals surface area contributed by atoms with E-state index in [0.29, 0.717) is 17.2 Å². The van der Waals surface area contributed by atoms with Gasteiger partial charge in [0.2, 0.25) is 0 Å². The van der Waals surface area contributed by atoms with Crippen LogP contribution in [-0.2, 0) is 6.54 Å². The number of amides is 2. The van der Waals surface area contributed by atoms with E-state index in [1.54, 1.807) is 43.5 Å². The summed E-state index contributed by atoms with van der Waals surface area (Å²) in [5.41, 5.74) is 1.15. The molecule has 2 aromatic heterocycles. The number of hydrogen-bond donors (Lipinski definition) is 2. The van der Waals surface area contributed by atoms with Gasteiger partial charge < -0.3 is 19.8 Å². The van der Waals surface area contributed by atoms with E-state index in [1.807, 2.05) is 0 Å². The number of anilines is 1. The second-order valence-electron chi connectivity index (χ2n) is 5.41. The van der Waals surface area contributed by atoms with Crippen molar-refractivity contribution < 1.29 is 18.7 Å². The third-order valence-electron chi connectivity index (χ3n) is 3.59. The summed E-state index contributed by atoms with van der Waals surface area (Å²) in [6.45, 7) is 0.256. The van der Waals surface area contributed by atoms with Crippen LogP contribution in [0, 0.1) is 0 Å². The summed E-state index contributed by atoms with van der Waals surface area (Å²) in [7, 11) is 1.55. The highest BCUT2D eigenvalue weighted by molar-refractivity contribution is 6.05. The molecule has 0 bridgehead atoms. The Morgan fingerprint density at radius 3 is 2.62 bits per heavy atom. The Labute approximate surface area is 150 Å². The maximum atomic E-state index is 12.4. The number of furan rings is 1. The molecule has 0 aliphatic heterocycles. The number of benzene rings is 1. The van der Waals surface area contributed by atoms with Crippen LogP contribution >= 0.6 is 0 Å². The lowest BCUT2D eigenvalue weighted by molar-refractivity contribution is 0.0947. The molecule has 0 aliphatic rings. The highest BCUT2D eigenvalue weighted by Crippen LogP contribution is 2.17. The van der Waals surface area contributed by atoms with E-state index >= 15 is 0 Å². The van der Waals surface area contributed by atoms with Gasteiger partial charge in [-0.1, -0.05) is 6.07 Å². The Hall–Kier alpha value is -3.61. The van der Waals surface area contributed by atoms with Gasteiger partial charge in [-0.3, -0.25) is 14.6 Å². The van der Waals surface area contributed by atoms with Crippen LogP contribution in [0.1, 0.15) is 26.5 Å². The molecule has 0 radical (unpaired) electrons. The van der Waals surface area contributed by atoms with E-state index in [-0.39, 0.29) is 29.5 Å². The van der Waals surface area contributed by atoms with Crippen LogP contribution in [0.15, 0.2) is 65.5 Å². The summed E-state index contributed by atoms with van der Waals surface area (Å²) in [4.78, 5) is 28.6. The first-order valence-corrected chi connectivity index (χ1v) is 7.87. The second-order valence-corrected chi connectivity index (χ2v) is 5.41. The lowest BCUT2D eigenvalue weighted by Gasteiger charge is -2.08. The Balaban J connectivity index is 1.67. The highest BCUT2D eigenvalue weighted by Gasteiger charge is 2.12. The first-order chi connectivity index (χ1) is 12.7. The van der Waals surface area contributed by atoms with Crippen LogP contribution in [-0.4, -0.2) is 23.9 Å². The van der Waals surface area contributed by atoms with Crippen molar-refractivity contribution in [1.82, 2.24) is 10.3 Å². The fourth-order valence-corrected chi connectivity index (χ4v) is 2.27. The predicted molar refractivity (Wildman–Crippen MR) is 95.1 cm³/mol. The molecule has 2 heterocycles. The van der Waals surface area contributed by atoms with Gasteiger partial charge in [0.1, 0.15) is 11.5 Å². The van der Waals surface area contributed by atoms with E-state index in [0.717, 1.165) is 0 Å². The van der Waals surface area contributed by atoms with Crippen molar-refractivity contribution in [1.29, 1.82) is 0 Å². The molecule has 26 heavy (non-hydrogen) atoms. The van der Waals surface area contributed by atoms with Crippen molar-refractivity contribution in [2.24, 2.45) is 0 Å². The number of aromatic nitrogens is 1. The summed E-state index contributed by atoms with van der Waals surface area (Å²) in [5, 5.41) is 5.46.